The van der Waals surface area contributed by atoms with Gasteiger partial charge in [0.2, 0.25) is 0 Å². The smallest absolute Gasteiger partial charge is 0.319 e. The lowest BCUT2D eigenvalue weighted by molar-refractivity contribution is 0.252. The fourth-order valence-electron chi connectivity index (χ4n) is 2.63. The van der Waals surface area contributed by atoms with E-state index < -0.39 is 0 Å². The molecule has 0 bridgehead atoms. The van der Waals surface area contributed by atoms with Gasteiger partial charge in [0.05, 0.1) is 0 Å². The number of hydrogen-bond donors (Lipinski definition) is 2. The van der Waals surface area contributed by atoms with Crippen LogP contribution in [0.5, 0.6) is 0 Å². The van der Waals surface area contributed by atoms with Gasteiger partial charge in [0.15, 0.2) is 0 Å². The lowest BCUT2D eigenvalue weighted by Gasteiger charge is -2.09. The van der Waals surface area contributed by atoms with Crippen molar-refractivity contribution in [1.82, 2.24) is 5.32 Å². The third-order valence-electron chi connectivity index (χ3n) is 3.79. The van der Waals surface area contributed by atoms with Gasteiger partial charge >= 0.3 is 6.03 Å². The number of carbonyl (C=O) groups is 1. The zero-order valence-corrected chi connectivity index (χ0v) is 13.2. The van der Waals surface area contributed by atoms with Crippen molar-refractivity contribution >= 4 is 22.5 Å². The highest BCUT2D eigenvalue weighted by Crippen LogP contribution is 2.18. The van der Waals surface area contributed by atoms with Crippen molar-refractivity contribution in [3.8, 4) is 0 Å². The van der Waals surface area contributed by atoms with Crippen LogP contribution in [-0.2, 0) is 6.42 Å². The molecule has 0 aromatic heterocycles. The quantitative estimate of drug-likeness (QED) is 0.731. The van der Waals surface area contributed by atoms with E-state index in [1.807, 2.05) is 42.5 Å². The van der Waals surface area contributed by atoms with Crippen LogP contribution in [0.2, 0.25) is 0 Å². The van der Waals surface area contributed by atoms with Crippen LogP contribution in [0.15, 0.2) is 66.7 Å². The van der Waals surface area contributed by atoms with E-state index in [-0.39, 0.29) is 6.03 Å². The van der Waals surface area contributed by atoms with Crippen molar-refractivity contribution in [2.45, 2.75) is 13.3 Å². The number of rotatable bonds is 4. The summed E-state index contributed by atoms with van der Waals surface area (Å²) in [5, 5.41) is 8.06. The molecule has 0 spiro atoms. The van der Waals surface area contributed by atoms with Crippen LogP contribution >= 0.6 is 0 Å². The molecule has 0 aliphatic heterocycles. The Morgan fingerprint density at radius 2 is 1.74 bits per heavy atom. The molecule has 0 unspecified atom stereocenters. The number of nitrogens with one attached hydrogen (secondary N) is 2. The second-order valence-electron chi connectivity index (χ2n) is 5.68. The van der Waals surface area contributed by atoms with Crippen LogP contribution in [0.1, 0.15) is 11.1 Å². The molecular formula is C20H20N2O. The van der Waals surface area contributed by atoms with Crippen LogP contribution in [0.25, 0.3) is 10.8 Å². The highest BCUT2D eigenvalue weighted by Gasteiger charge is 2.02. The summed E-state index contributed by atoms with van der Waals surface area (Å²) in [5.41, 5.74) is 3.27. The first kappa shape index (κ1) is 15.1. The predicted molar refractivity (Wildman–Crippen MR) is 95.9 cm³/mol. The van der Waals surface area contributed by atoms with E-state index in [1.165, 1.54) is 11.1 Å². The topological polar surface area (TPSA) is 41.1 Å². The molecule has 2 N–H and O–H groups in total. The first-order valence-corrected chi connectivity index (χ1v) is 7.80. The lowest BCUT2D eigenvalue weighted by Crippen LogP contribution is -2.30. The Hall–Kier alpha value is -2.81. The van der Waals surface area contributed by atoms with E-state index in [0.717, 1.165) is 22.9 Å². The zero-order chi connectivity index (χ0) is 16.1. The molecule has 3 rings (SSSR count). The molecule has 23 heavy (non-hydrogen) atoms. The largest absolute Gasteiger partial charge is 0.338 e. The van der Waals surface area contributed by atoms with E-state index in [9.17, 15) is 4.79 Å². The molecular weight excluding hydrogens is 284 g/mol. The van der Waals surface area contributed by atoms with Crippen molar-refractivity contribution < 1.29 is 4.79 Å². The number of carbonyl (C=O) groups excluding carboxylic acids is 1. The second kappa shape index (κ2) is 6.97. The maximum absolute atomic E-state index is 12.0. The van der Waals surface area contributed by atoms with Gasteiger partial charge in [-0.1, -0.05) is 60.2 Å². The molecule has 0 aliphatic carbocycles. The van der Waals surface area contributed by atoms with Crippen LogP contribution in [0, 0.1) is 6.92 Å². The Morgan fingerprint density at radius 3 is 2.57 bits per heavy atom. The van der Waals surface area contributed by atoms with E-state index in [0.29, 0.717) is 6.54 Å². The highest BCUT2D eigenvalue weighted by atomic mass is 16.2. The summed E-state index contributed by atoms with van der Waals surface area (Å²) >= 11 is 0. The molecule has 0 saturated heterocycles. The summed E-state index contributed by atoms with van der Waals surface area (Å²) in [5.74, 6) is 0. The first-order valence-electron chi connectivity index (χ1n) is 7.80. The van der Waals surface area contributed by atoms with Crippen LogP contribution < -0.4 is 10.6 Å². The van der Waals surface area contributed by atoms with Crippen molar-refractivity contribution in [3.05, 3.63) is 77.9 Å². The summed E-state index contributed by atoms with van der Waals surface area (Å²) in [4.78, 5) is 12.0. The van der Waals surface area contributed by atoms with Gasteiger partial charge in [-0.05, 0) is 41.8 Å². The van der Waals surface area contributed by atoms with Gasteiger partial charge in [-0.25, -0.2) is 4.79 Å². The van der Waals surface area contributed by atoms with Crippen LogP contribution in [0.3, 0.4) is 0 Å². The summed E-state index contributed by atoms with van der Waals surface area (Å²) in [6.45, 7) is 2.69. The average molecular weight is 304 g/mol. The SMILES string of the molecule is Cc1cccc(CCNC(=O)Nc2ccc3ccccc3c2)c1. The minimum Gasteiger partial charge on any atom is -0.338 e. The molecule has 0 heterocycles. The van der Waals surface area contributed by atoms with E-state index in [4.69, 9.17) is 0 Å². The van der Waals surface area contributed by atoms with Crippen molar-refractivity contribution in [1.29, 1.82) is 0 Å². The van der Waals surface area contributed by atoms with E-state index in [2.05, 4.69) is 41.8 Å². The Bertz CT molecular complexity index is 826. The summed E-state index contributed by atoms with van der Waals surface area (Å²) < 4.78 is 0. The van der Waals surface area contributed by atoms with Crippen molar-refractivity contribution in [2.24, 2.45) is 0 Å². The number of hydrogen-bond acceptors (Lipinski definition) is 1. The standard InChI is InChI=1S/C20H20N2O/c1-15-5-4-6-16(13-15)11-12-21-20(23)22-19-10-9-17-7-2-3-8-18(17)14-19/h2-10,13-14H,11-12H2,1H3,(H2,21,22,23). The summed E-state index contributed by atoms with van der Waals surface area (Å²) in [7, 11) is 0. The van der Waals surface area contributed by atoms with E-state index in [1.54, 1.807) is 0 Å². The average Bonchev–Trinajstić information content (AvgIpc) is 2.55. The Labute approximate surface area is 136 Å². The van der Waals surface area contributed by atoms with Gasteiger partial charge < -0.3 is 10.6 Å². The first-order chi connectivity index (χ1) is 11.2. The van der Waals surface area contributed by atoms with Crippen LogP contribution in [0.4, 0.5) is 10.5 Å². The van der Waals surface area contributed by atoms with Gasteiger partial charge in [-0.3, -0.25) is 0 Å². The zero-order valence-electron chi connectivity index (χ0n) is 13.2. The van der Waals surface area contributed by atoms with E-state index >= 15 is 0 Å². The number of anilines is 1. The highest BCUT2D eigenvalue weighted by molar-refractivity contribution is 5.93. The molecule has 0 radical (unpaired) electrons. The predicted octanol–water partition coefficient (Wildman–Crippen LogP) is 4.51. The number of aryl methyl sites for hydroxylation is 1. The monoisotopic (exact) mass is 304 g/mol. The molecule has 0 fully saturated rings. The molecule has 3 heteroatoms. The second-order valence-corrected chi connectivity index (χ2v) is 5.68. The molecule has 0 atom stereocenters. The fourth-order valence-corrected chi connectivity index (χ4v) is 2.63. The molecule has 2 amide bonds. The summed E-state index contributed by atoms with van der Waals surface area (Å²) in [6.07, 6.45) is 0.826. The van der Waals surface area contributed by atoms with Gasteiger partial charge in [0, 0.05) is 12.2 Å². The van der Waals surface area contributed by atoms with Crippen LogP contribution in [-0.4, -0.2) is 12.6 Å². The Morgan fingerprint density at radius 1 is 0.913 bits per heavy atom. The fraction of sp³-hybridized carbons (Fsp3) is 0.150. The number of benzene rings is 3. The van der Waals surface area contributed by atoms with Gasteiger partial charge in [-0.2, -0.15) is 0 Å². The Kier molecular flexibility index (Phi) is 4.57. The van der Waals surface area contributed by atoms with Gasteiger partial charge in [0.1, 0.15) is 0 Å². The number of urea groups is 1. The maximum atomic E-state index is 12.0. The summed E-state index contributed by atoms with van der Waals surface area (Å²) in [6, 6.07) is 22.2. The third kappa shape index (κ3) is 4.10. The number of amides is 2. The molecule has 0 saturated carbocycles. The molecule has 3 nitrogen and oxygen atoms in total. The molecule has 116 valence electrons. The van der Waals surface area contributed by atoms with Crippen molar-refractivity contribution in [2.75, 3.05) is 11.9 Å². The maximum Gasteiger partial charge on any atom is 0.319 e. The minimum absolute atomic E-state index is 0.173. The molecule has 0 aliphatic rings. The Balaban J connectivity index is 1.54. The molecule has 3 aromatic rings. The number of fused-ring (bicyclic) bond motifs is 1. The molecule has 3 aromatic carbocycles. The third-order valence-corrected chi connectivity index (χ3v) is 3.79. The van der Waals surface area contributed by atoms with Crippen molar-refractivity contribution in [3.63, 3.8) is 0 Å². The lowest BCUT2D eigenvalue weighted by atomic mass is 10.1. The van der Waals surface area contributed by atoms with Gasteiger partial charge in [0.25, 0.3) is 0 Å². The van der Waals surface area contributed by atoms with Gasteiger partial charge in [-0.15, -0.1) is 0 Å². The normalized spacial score (nSPS) is 10.5. The minimum atomic E-state index is -0.173.